The second-order valence-corrected chi connectivity index (χ2v) is 12.8. The van der Waals surface area contributed by atoms with Crippen molar-refractivity contribution >= 4 is 11.8 Å². The van der Waals surface area contributed by atoms with Crippen LogP contribution in [-0.2, 0) is 11.0 Å². The van der Waals surface area contributed by atoms with Crippen LogP contribution < -0.4 is 20.1 Å². The zero-order chi connectivity index (χ0) is 27.9. The minimum absolute atomic E-state index is 0.00594. The van der Waals surface area contributed by atoms with Gasteiger partial charge in [-0.3, -0.25) is 9.59 Å². The molecule has 0 unspecified atom stereocenters. The Morgan fingerprint density at radius 2 is 1.72 bits per heavy atom. The van der Waals surface area contributed by atoms with E-state index in [-0.39, 0.29) is 58.3 Å². The van der Waals surface area contributed by atoms with Gasteiger partial charge in [0.2, 0.25) is 5.91 Å². The Morgan fingerprint density at radius 1 is 1.03 bits per heavy atom. The summed E-state index contributed by atoms with van der Waals surface area (Å²) in [5, 5.41) is 6.17. The quantitative estimate of drug-likeness (QED) is 0.409. The number of carbonyl (C=O) groups is 2. The Labute approximate surface area is 228 Å². The van der Waals surface area contributed by atoms with Gasteiger partial charge < -0.3 is 20.1 Å². The maximum Gasteiger partial charge on any atom is 0.420 e. The number of carbonyl (C=O) groups excluding carboxylic acids is 2. The van der Waals surface area contributed by atoms with E-state index in [0.717, 1.165) is 51.0 Å². The van der Waals surface area contributed by atoms with E-state index in [1.165, 1.54) is 19.6 Å². The SMILES string of the molecule is COc1cc(C(F)(F)F)c(O[C@H]2CC[C@H](C)CC2)cc1C(=O)N[C@@H]1[C@H]2CC[C@H](C2)[C@@H]1C(=O)NCC1(C)CCC1. The molecule has 2 N–H and O–H groups in total. The van der Waals surface area contributed by atoms with E-state index in [9.17, 15) is 22.8 Å². The molecule has 4 fully saturated rings. The predicted molar refractivity (Wildman–Crippen MR) is 141 cm³/mol. The summed E-state index contributed by atoms with van der Waals surface area (Å²) in [6, 6.07) is 1.68. The molecule has 2 amide bonds. The lowest BCUT2D eigenvalue weighted by Gasteiger charge is -2.39. The number of nitrogens with one attached hydrogen (secondary N) is 2. The molecule has 0 aliphatic heterocycles. The van der Waals surface area contributed by atoms with Crippen molar-refractivity contribution in [3.63, 3.8) is 0 Å². The number of hydrogen-bond donors (Lipinski definition) is 2. The first-order valence-corrected chi connectivity index (χ1v) is 14.5. The van der Waals surface area contributed by atoms with E-state index >= 15 is 0 Å². The number of hydrogen-bond acceptors (Lipinski definition) is 4. The second-order valence-electron chi connectivity index (χ2n) is 12.8. The molecule has 2 bridgehead atoms. The van der Waals surface area contributed by atoms with Gasteiger partial charge in [0.15, 0.2) is 0 Å². The number of halogens is 3. The van der Waals surface area contributed by atoms with E-state index in [1.54, 1.807) is 0 Å². The molecule has 0 aromatic heterocycles. The minimum atomic E-state index is -4.66. The van der Waals surface area contributed by atoms with Gasteiger partial charge in [0, 0.05) is 12.6 Å². The van der Waals surface area contributed by atoms with Gasteiger partial charge in [-0.15, -0.1) is 0 Å². The molecule has 4 saturated carbocycles. The van der Waals surface area contributed by atoms with Crippen LogP contribution in [0.4, 0.5) is 13.2 Å². The van der Waals surface area contributed by atoms with Crippen molar-refractivity contribution in [3.05, 3.63) is 23.3 Å². The van der Waals surface area contributed by atoms with Crippen LogP contribution in [0.5, 0.6) is 11.5 Å². The van der Waals surface area contributed by atoms with Gasteiger partial charge in [-0.25, -0.2) is 0 Å². The third-order valence-corrected chi connectivity index (χ3v) is 9.88. The van der Waals surface area contributed by atoms with Crippen LogP contribution in [0.15, 0.2) is 12.1 Å². The summed E-state index contributed by atoms with van der Waals surface area (Å²) in [5.74, 6) is -0.509. The molecule has 0 radical (unpaired) electrons. The average molecular weight is 551 g/mol. The van der Waals surface area contributed by atoms with Crippen molar-refractivity contribution in [2.45, 2.75) is 96.4 Å². The maximum atomic E-state index is 14.0. The minimum Gasteiger partial charge on any atom is -0.496 e. The van der Waals surface area contributed by atoms with E-state index in [2.05, 4.69) is 24.5 Å². The molecule has 4 aliphatic carbocycles. The van der Waals surface area contributed by atoms with E-state index < -0.39 is 17.6 Å². The van der Waals surface area contributed by atoms with Crippen LogP contribution in [0.25, 0.3) is 0 Å². The monoisotopic (exact) mass is 550 g/mol. The summed E-state index contributed by atoms with van der Waals surface area (Å²) in [6.07, 6.45) is 4.27. The summed E-state index contributed by atoms with van der Waals surface area (Å²) in [4.78, 5) is 26.9. The van der Waals surface area contributed by atoms with Crippen LogP contribution in [0, 0.1) is 29.1 Å². The first-order valence-electron chi connectivity index (χ1n) is 14.5. The molecule has 6 nitrogen and oxygen atoms in total. The van der Waals surface area contributed by atoms with E-state index in [0.29, 0.717) is 25.3 Å². The topological polar surface area (TPSA) is 76.7 Å². The molecule has 39 heavy (non-hydrogen) atoms. The number of fused-ring (bicyclic) bond motifs is 2. The maximum absolute atomic E-state index is 14.0. The van der Waals surface area contributed by atoms with Crippen LogP contribution in [0.1, 0.15) is 94.0 Å². The molecule has 1 aromatic carbocycles. The lowest BCUT2D eigenvalue weighted by atomic mass is 9.70. The average Bonchev–Trinajstić information content (AvgIpc) is 3.48. The fourth-order valence-corrected chi connectivity index (χ4v) is 7.23. The molecule has 1 aromatic rings. The van der Waals surface area contributed by atoms with Crippen molar-refractivity contribution < 1.29 is 32.2 Å². The number of amides is 2. The smallest absolute Gasteiger partial charge is 0.420 e. The number of rotatable bonds is 8. The zero-order valence-corrected chi connectivity index (χ0v) is 23.2. The Balaban J connectivity index is 1.36. The Hall–Kier alpha value is -2.45. The van der Waals surface area contributed by atoms with Gasteiger partial charge >= 0.3 is 6.18 Å². The summed E-state index contributed by atoms with van der Waals surface area (Å²) in [7, 11) is 1.25. The fourth-order valence-electron chi connectivity index (χ4n) is 7.23. The predicted octanol–water partition coefficient (Wildman–Crippen LogP) is 6.12. The van der Waals surface area contributed by atoms with Crippen molar-refractivity contribution in [2.75, 3.05) is 13.7 Å². The fraction of sp³-hybridized carbons (Fsp3) is 0.733. The largest absolute Gasteiger partial charge is 0.496 e. The van der Waals surface area contributed by atoms with Gasteiger partial charge in [0.25, 0.3) is 5.91 Å². The number of methoxy groups -OCH3 is 1. The molecule has 5 rings (SSSR count). The van der Waals surface area contributed by atoms with Crippen molar-refractivity contribution in [3.8, 4) is 11.5 Å². The van der Waals surface area contributed by atoms with Crippen LogP contribution in [0.2, 0.25) is 0 Å². The van der Waals surface area contributed by atoms with Crippen LogP contribution in [-0.4, -0.2) is 37.6 Å². The van der Waals surface area contributed by atoms with E-state index in [4.69, 9.17) is 9.47 Å². The van der Waals surface area contributed by atoms with Gasteiger partial charge in [0.1, 0.15) is 17.1 Å². The number of ether oxygens (including phenoxy) is 2. The molecule has 9 heteroatoms. The Bertz CT molecular complexity index is 1080. The molecular weight excluding hydrogens is 509 g/mol. The first kappa shape index (κ1) is 28.1. The highest BCUT2D eigenvalue weighted by atomic mass is 19.4. The van der Waals surface area contributed by atoms with Crippen LogP contribution >= 0.6 is 0 Å². The van der Waals surface area contributed by atoms with Gasteiger partial charge in [-0.1, -0.05) is 20.3 Å². The summed E-state index contributed by atoms with van der Waals surface area (Å²) < 4.78 is 53.1. The van der Waals surface area contributed by atoms with Crippen molar-refractivity contribution in [1.82, 2.24) is 10.6 Å². The van der Waals surface area contributed by atoms with Gasteiger partial charge in [-0.2, -0.15) is 13.2 Å². The van der Waals surface area contributed by atoms with Crippen molar-refractivity contribution in [2.24, 2.45) is 29.1 Å². The number of benzene rings is 1. The Morgan fingerprint density at radius 3 is 2.33 bits per heavy atom. The first-order chi connectivity index (χ1) is 18.5. The highest BCUT2D eigenvalue weighted by Gasteiger charge is 2.52. The molecule has 4 atom stereocenters. The van der Waals surface area contributed by atoms with Gasteiger partial charge in [-0.05, 0) is 93.1 Å². The zero-order valence-electron chi connectivity index (χ0n) is 23.2. The highest BCUT2D eigenvalue weighted by Crippen LogP contribution is 2.49. The van der Waals surface area contributed by atoms with Gasteiger partial charge in [0.05, 0.1) is 24.7 Å². The standard InChI is InChI=1S/C30H41F3N2O4/c1-17-5-9-20(10-6-17)39-24-14-21(23(38-3)15-22(24)30(31,32)33)27(36)35-26-19-8-7-18(13-19)25(26)28(37)34-16-29(2)11-4-12-29/h14-15,17-20,25-26H,4-13,16H2,1-3H3,(H,34,37)(H,35,36)/t17-,18-,19+,20-,25+,26-/m1/s1. The third-order valence-electron chi connectivity index (χ3n) is 9.88. The lowest BCUT2D eigenvalue weighted by Crippen LogP contribution is -2.51. The summed E-state index contributed by atoms with van der Waals surface area (Å²) in [6.45, 7) is 4.94. The molecule has 4 aliphatic rings. The third kappa shape index (κ3) is 5.87. The summed E-state index contributed by atoms with van der Waals surface area (Å²) >= 11 is 0. The Kier molecular flexibility index (Phi) is 7.81. The normalized spacial score (nSPS) is 31.3. The second kappa shape index (κ2) is 10.8. The van der Waals surface area contributed by atoms with E-state index in [1.807, 2.05) is 0 Å². The van der Waals surface area contributed by atoms with Crippen LogP contribution in [0.3, 0.4) is 0 Å². The molecule has 0 spiro atoms. The van der Waals surface area contributed by atoms with Crippen molar-refractivity contribution in [1.29, 1.82) is 0 Å². The molecule has 216 valence electrons. The number of alkyl halides is 3. The lowest BCUT2D eigenvalue weighted by molar-refractivity contribution is -0.139. The highest BCUT2D eigenvalue weighted by molar-refractivity contribution is 5.98. The molecular formula is C30H41F3N2O4. The molecule has 0 saturated heterocycles. The molecule has 0 heterocycles. The summed E-state index contributed by atoms with van der Waals surface area (Å²) in [5.41, 5.74) is -0.809.